The molecule has 1 aromatic rings. The smallest absolute Gasteiger partial charge is 0.327 e. The van der Waals surface area contributed by atoms with Gasteiger partial charge in [-0.05, 0) is 26.0 Å². The second-order valence-electron chi connectivity index (χ2n) is 4.67. The Labute approximate surface area is 127 Å². The molecule has 0 bridgehead atoms. The standard InChI is InChI=1S/C14H14N2O5S/c1-9-8-12(17)13(14(18)21-9)10(2)15-16-22(19,20)11-6-4-3-5-7-11/h3-8,13,16H,1-2H3/b15-10+. The molecule has 0 saturated carbocycles. The van der Waals surface area contributed by atoms with Gasteiger partial charge in [0.1, 0.15) is 5.76 Å². The van der Waals surface area contributed by atoms with Crippen molar-refractivity contribution in [1.29, 1.82) is 0 Å². The number of hydrogen-bond acceptors (Lipinski definition) is 6. The molecule has 2 rings (SSSR count). The highest BCUT2D eigenvalue weighted by Crippen LogP contribution is 2.16. The minimum Gasteiger partial charge on any atom is -0.430 e. The molecule has 0 saturated heterocycles. The maximum atomic E-state index is 12.0. The fraction of sp³-hybridized carbons (Fsp3) is 0.214. The second-order valence-corrected chi connectivity index (χ2v) is 6.33. The van der Waals surface area contributed by atoms with E-state index in [1.54, 1.807) is 18.2 Å². The van der Waals surface area contributed by atoms with Crippen LogP contribution in [0.2, 0.25) is 0 Å². The molecule has 1 N–H and O–H groups in total. The van der Waals surface area contributed by atoms with E-state index in [1.165, 1.54) is 32.1 Å². The zero-order valence-electron chi connectivity index (χ0n) is 11.9. The number of benzene rings is 1. The van der Waals surface area contributed by atoms with Gasteiger partial charge in [-0.1, -0.05) is 18.2 Å². The molecule has 1 unspecified atom stereocenters. The van der Waals surface area contributed by atoms with E-state index in [2.05, 4.69) is 5.10 Å². The first-order valence-corrected chi connectivity index (χ1v) is 7.84. The summed E-state index contributed by atoms with van der Waals surface area (Å²) >= 11 is 0. The van der Waals surface area contributed by atoms with E-state index in [-0.39, 0.29) is 16.4 Å². The SMILES string of the molecule is CC1=CC(=O)C(/C(C)=N/NS(=O)(=O)c2ccccc2)C(=O)O1. The fourth-order valence-electron chi connectivity index (χ4n) is 1.87. The van der Waals surface area contributed by atoms with Gasteiger partial charge in [-0.25, -0.2) is 4.83 Å². The molecule has 22 heavy (non-hydrogen) atoms. The van der Waals surface area contributed by atoms with E-state index in [0.29, 0.717) is 0 Å². The Morgan fingerprint density at radius 1 is 1.23 bits per heavy atom. The lowest BCUT2D eigenvalue weighted by molar-refractivity contribution is -0.146. The number of rotatable bonds is 4. The molecule has 0 amide bonds. The molecule has 116 valence electrons. The third-order valence-corrected chi connectivity index (χ3v) is 4.17. The van der Waals surface area contributed by atoms with E-state index in [9.17, 15) is 18.0 Å². The van der Waals surface area contributed by atoms with Gasteiger partial charge >= 0.3 is 5.97 Å². The lowest BCUT2D eigenvalue weighted by Gasteiger charge is -2.18. The van der Waals surface area contributed by atoms with Crippen LogP contribution in [0.1, 0.15) is 13.8 Å². The predicted molar refractivity (Wildman–Crippen MR) is 78.2 cm³/mol. The van der Waals surface area contributed by atoms with Crippen molar-refractivity contribution in [3.8, 4) is 0 Å². The van der Waals surface area contributed by atoms with Gasteiger partial charge in [0.15, 0.2) is 11.7 Å². The summed E-state index contributed by atoms with van der Waals surface area (Å²) in [6, 6.07) is 7.62. The molecule has 0 fully saturated rings. The van der Waals surface area contributed by atoms with E-state index < -0.39 is 27.7 Å². The number of hydrazone groups is 1. The molecule has 1 heterocycles. The summed E-state index contributed by atoms with van der Waals surface area (Å²) in [5.74, 6) is -2.30. The summed E-state index contributed by atoms with van der Waals surface area (Å²) in [7, 11) is -3.86. The zero-order chi connectivity index (χ0) is 16.3. The maximum absolute atomic E-state index is 12.0. The maximum Gasteiger partial charge on any atom is 0.327 e. The first-order chi connectivity index (χ1) is 10.3. The Morgan fingerprint density at radius 3 is 2.45 bits per heavy atom. The number of ketones is 1. The van der Waals surface area contributed by atoms with E-state index >= 15 is 0 Å². The van der Waals surface area contributed by atoms with E-state index in [4.69, 9.17) is 4.74 Å². The molecule has 1 aromatic carbocycles. The quantitative estimate of drug-likeness (QED) is 0.385. The molecule has 7 nitrogen and oxygen atoms in total. The van der Waals surface area contributed by atoms with Crippen LogP contribution in [0.15, 0.2) is 52.2 Å². The van der Waals surface area contributed by atoms with Gasteiger partial charge in [-0.15, -0.1) is 0 Å². The van der Waals surface area contributed by atoms with Crippen molar-refractivity contribution in [2.75, 3.05) is 0 Å². The molecular weight excluding hydrogens is 308 g/mol. The molecule has 8 heteroatoms. The molecule has 0 aliphatic carbocycles. The third-order valence-electron chi connectivity index (χ3n) is 2.94. The van der Waals surface area contributed by atoms with Crippen molar-refractivity contribution in [3.63, 3.8) is 0 Å². The predicted octanol–water partition coefficient (Wildman–Crippen LogP) is 0.987. The van der Waals surface area contributed by atoms with Crippen LogP contribution in [0.3, 0.4) is 0 Å². The minimum atomic E-state index is -3.86. The number of carbonyl (C=O) groups is 2. The van der Waals surface area contributed by atoms with Crippen LogP contribution in [0.5, 0.6) is 0 Å². The summed E-state index contributed by atoms with van der Waals surface area (Å²) in [5.41, 5.74) is 0.0123. The van der Waals surface area contributed by atoms with Crippen molar-refractivity contribution >= 4 is 27.5 Å². The van der Waals surface area contributed by atoms with Gasteiger partial charge in [0.25, 0.3) is 10.0 Å². The monoisotopic (exact) mass is 322 g/mol. The van der Waals surface area contributed by atoms with Crippen molar-refractivity contribution in [1.82, 2.24) is 4.83 Å². The van der Waals surface area contributed by atoms with Gasteiger partial charge in [-0.2, -0.15) is 13.5 Å². The second kappa shape index (κ2) is 6.10. The van der Waals surface area contributed by atoms with E-state index in [0.717, 1.165) is 0 Å². The van der Waals surface area contributed by atoms with Crippen LogP contribution in [0, 0.1) is 5.92 Å². The molecule has 1 aliphatic rings. The number of allylic oxidation sites excluding steroid dienone is 2. The van der Waals surface area contributed by atoms with Crippen LogP contribution in [-0.2, 0) is 24.3 Å². The summed E-state index contributed by atoms with van der Waals surface area (Å²) in [6.45, 7) is 2.86. The number of esters is 1. The van der Waals surface area contributed by atoms with Crippen molar-refractivity contribution in [2.45, 2.75) is 18.7 Å². The summed E-state index contributed by atoms with van der Waals surface area (Å²) in [4.78, 5) is 25.6. The average Bonchev–Trinajstić information content (AvgIpc) is 2.45. The zero-order valence-corrected chi connectivity index (χ0v) is 12.8. The highest BCUT2D eigenvalue weighted by atomic mass is 32.2. The van der Waals surface area contributed by atoms with Crippen molar-refractivity contribution in [2.24, 2.45) is 11.0 Å². The molecule has 0 radical (unpaired) electrons. The Morgan fingerprint density at radius 2 is 1.86 bits per heavy atom. The number of carbonyl (C=O) groups excluding carboxylic acids is 2. The Bertz CT molecular complexity index is 766. The highest BCUT2D eigenvalue weighted by molar-refractivity contribution is 7.89. The van der Waals surface area contributed by atoms with Gasteiger partial charge in [0, 0.05) is 6.08 Å². The Balaban J connectivity index is 2.20. The molecule has 0 aromatic heterocycles. The largest absolute Gasteiger partial charge is 0.430 e. The number of nitrogens with zero attached hydrogens (tertiary/aromatic N) is 1. The normalized spacial score (nSPS) is 19.5. The van der Waals surface area contributed by atoms with E-state index in [1.807, 2.05) is 4.83 Å². The van der Waals surface area contributed by atoms with Crippen LogP contribution < -0.4 is 4.83 Å². The summed E-state index contributed by atoms with van der Waals surface area (Å²) < 4.78 is 28.9. The highest BCUT2D eigenvalue weighted by Gasteiger charge is 2.34. The van der Waals surface area contributed by atoms with Gasteiger partial charge in [-0.3, -0.25) is 9.59 Å². The molecule has 1 aliphatic heterocycles. The van der Waals surface area contributed by atoms with Crippen LogP contribution in [-0.4, -0.2) is 25.9 Å². The lowest BCUT2D eigenvalue weighted by atomic mass is 9.97. The average molecular weight is 322 g/mol. The van der Waals surface area contributed by atoms with Crippen LogP contribution in [0.4, 0.5) is 0 Å². The first-order valence-electron chi connectivity index (χ1n) is 6.36. The number of hydrogen-bond donors (Lipinski definition) is 1. The number of ether oxygens (including phenoxy) is 1. The van der Waals surface area contributed by atoms with Crippen LogP contribution >= 0.6 is 0 Å². The Kier molecular flexibility index (Phi) is 4.41. The van der Waals surface area contributed by atoms with Crippen molar-refractivity contribution < 1.29 is 22.7 Å². The number of sulfonamides is 1. The first kappa shape index (κ1) is 15.9. The fourth-order valence-corrected chi connectivity index (χ4v) is 2.76. The minimum absolute atomic E-state index is 0.0123. The topological polar surface area (TPSA) is 102 Å². The lowest BCUT2D eigenvalue weighted by Crippen LogP contribution is -2.35. The molecular formula is C14H14N2O5S. The number of cyclic esters (lactones) is 1. The van der Waals surface area contributed by atoms with Crippen LogP contribution in [0.25, 0.3) is 0 Å². The van der Waals surface area contributed by atoms with Gasteiger partial charge < -0.3 is 4.74 Å². The van der Waals surface area contributed by atoms with Crippen molar-refractivity contribution in [3.05, 3.63) is 42.2 Å². The number of nitrogens with one attached hydrogen (secondary N) is 1. The van der Waals surface area contributed by atoms with Gasteiger partial charge in [0.2, 0.25) is 0 Å². The summed E-state index contributed by atoms with van der Waals surface area (Å²) in [6.07, 6.45) is 1.18. The Hall–Kier alpha value is -2.48. The third kappa shape index (κ3) is 3.40. The summed E-state index contributed by atoms with van der Waals surface area (Å²) in [5, 5.41) is 3.65. The van der Waals surface area contributed by atoms with Gasteiger partial charge in [0.05, 0.1) is 10.6 Å². The molecule has 1 atom stereocenters. The molecule has 0 spiro atoms.